The van der Waals surface area contributed by atoms with E-state index in [1.807, 2.05) is 6.92 Å². The van der Waals surface area contributed by atoms with Crippen molar-refractivity contribution in [3.8, 4) is 0 Å². The van der Waals surface area contributed by atoms with Crippen molar-refractivity contribution in [2.45, 2.75) is 45.6 Å². The maximum atomic E-state index is 12.1. The Hall–Kier alpha value is -1.10. The average Bonchev–Trinajstić information content (AvgIpc) is 2.50. The van der Waals surface area contributed by atoms with Gasteiger partial charge >= 0.3 is 0 Å². The summed E-state index contributed by atoms with van der Waals surface area (Å²) >= 11 is 0. The predicted molar refractivity (Wildman–Crippen MR) is 69.1 cm³/mol. The number of rotatable bonds is 7. The molecule has 104 valence electrons. The standard InChI is InChI=1S/C13H24N2O3/c1-3-9-18-10-5-7-15-8-6-12(16)14-11(4-2)13(15)17/h11H,3-10H2,1-2H3,(H,14,16). The van der Waals surface area contributed by atoms with Crippen LogP contribution in [0.3, 0.4) is 0 Å². The molecule has 0 aromatic heterocycles. The van der Waals surface area contributed by atoms with Crippen molar-refractivity contribution in [1.29, 1.82) is 0 Å². The minimum Gasteiger partial charge on any atom is -0.381 e. The van der Waals surface area contributed by atoms with Gasteiger partial charge in [0, 0.05) is 32.7 Å². The Morgan fingerprint density at radius 1 is 1.33 bits per heavy atom. The van der Waals surface area contributed by atoms with Crippen LogP contribution in [0.15, 0.2) is 0 Å². The van der Waals surface area contributed by atoms with Crippen LogP contribution in [0.5, 0.6) is 0 Å². The van der Waals surface area contributed by atoms with Crippen LogP contribution in [0.25, 0.3) is 0 Å². The first kappa shape index (κ1) is 15.0. The molecule has 1 fully saturated rings. The Labute approximate surface area is 109 Å². The van der Waals surface area contributed by atoms with Crippen LogP contribution in [0.2, 0.25) is 0 Å². The molecule has 1 heterocycles. The fourth-order valence-corrected chi connectivity index (χ4v) is 2.00. The predicted octanol–water partition coefficient (Wildman–Crippen LogP) is 0.930. The van der Waals surface area contributed by atoms with Gasteiger partial charge in [-0.1, -0.05) is 13.8 Å². The van der Waals surface area contributed by atoms with Gasteiger partial charge in [-0.25, -0.2) is 0 Å². The number of carbonyl (C=O) groups is 2. The van der Waals surface area contributed by atoms with Gasteiger partial charge in [0.05, 0.1) is 0 Å². The third-order valence-corrected chi connectivity index (χ3v) is 3.03. The zero-order chi connectivity index (χ0) is 13.4. The summed E-state index contributed by atoms with van der Waals surface area (Å²) in [4.78, 5) is 25.3. The third-order valence-electron chi connectivity index (χ3n) is 3.03. The van der Waals surface area contributed by atoms with Crippen molar-refractivity contribution in [1.82, 2.24) is 10.2 Å². The van der Waals surface area contributed by atoms with Crippen LogP contribution < -0.4 is 5.32 Å². The van der Waals surface area contributed by atoms with Gasteiger partial charge in [0.2, 0.25) is 11.8 Å². The quantitative estimate of drug-likeness (QED) is 0.689. The van der Waals surface area contributed by atoms with Crippen molar-refractivity contribution in [2.75, 3.05) is 26.3 Å². The summed E-state index contributed by atoms with van der Waals surface area (Å²) in [5.74, 6) is 0.0128. The van der Waals surface area contributed by atoms with Crippen molar-refractivity contribution >= 4 is 11.8 Å². The minimum atomic E-state index is -0.350. The fourth-order valence-electron chi connectivity index (χ4n) is 2.00. The first-order valence-electron chi connectivity index (χ1n) is 6.85. The third kappa shape index (κ3) is 4.64. The zero-order valence-electron chi connectivity index (χ0n) is 11.4. The molecule has 1 saturated heterocycles. The second kappa shape index (κ2) is 8.08. The first-order chi connectivity index (χ1) is 8.69. The molecule has 0 aromatic carbocycles. The molecule has 0 aliphatic carbocycles. The monoisotopic (exact) mass is 256 g/mol. The second-order valence-corrected chi connectivity index (χ2v) is 4.57. The van der Waals surface area contributed by atoms with Gasteiger partial charge in [-0.3, -0.25) is 9.59 Å². The van der Waals surface area contributed by atoms with E-state index in [9.17, 15) is 9.59 Å². The lowest BCUT2D eigenvalue weighted by molar-refractivity contribution is -0.133. The van der Waals surface area contributed by atoms with Crippen LogP contribution in [0, 0.1) is 0 Å². The topological polar surface area (TPSA) is 58.6 Å². The molecule has 0 spiro atoms. The Morgan fingerprint density at radius 3 is 2.78 bits per heavy atom. The molecule has 1 aliphatic heterocycles. The van der Waals surface area contributed by atoms with E-state index in [-0.39, 0.29) is 17.9 Å². The molecule has 18 heavy (non-hydrogen) atoms. The Bertz CT molecular complexity index is 281. The zero-order valence-corrected chi connectivity index (χ0v) is 11.4. The molecular formula is C13H24N2O3. The molecule has 1 N–H and O–H groups in total. The molecule has 0 saturated carbocycles. The number of amides is 2. The lowest BCUT2D eigenvalue weighted by Crippen LogP contribution is -2.44. The first-order valence-corrected chi connectivity index (χ1v) is 6.85. The highest BCUT2D eigenvalue weighted by Crippen LogP contribution is 2.07. The van der Waals surface area contributed by atoms with Crippen molar-refractivity contribution in [2.24, 2.45) is 0 Å². The van der Waals surface area contributed by atoms with E-state index in [1.165, 1.54) is 0 Å². The smallest absolute Gasteiger partial charge is 0.245 e. The number of carbonyl (C=O) groups excluding carboxylic acids is 2. The number of hydrogen-bond donors (Lipinski definition) is 1. The lowest BCUT2D eigenvalue weighted by Gasteiger charge is -2.23. The SMILES string of the molecule is CCCOCCCN1CCC(=O)NC(CC)C1=O. The van der Waals surface area contributed by atoms with Gasteiger partial charge in [-0.05, 0) is 19.3 Å². The van der Waals surface area contributed by atoms with Gasteiger partial charge < -0.3 is 15.0 Å². The maximum absolute atomic E-state index is 12.1. The van der Waals surface area contributed by atoms with Crippen LogP contribution in [-0.4, -0.2) is 49.1 Å². The Kier molecular flexibility index (Phi) is 6.72. The molecule has 0 bridgehead atoms. The van der Waals surface area contributed by atoms with Gasteiger partial charge in [-0.2, -0.15) is 0 Å². The number of ether oxygens (including phenoxy) is 1. The summed E-state index contributed by atoms with van der Waals surface area (Å²) in [5.41, 5.74) is 0. The normalized spacial score (nSPS) is 20.8. The van der Waals surface area contributed by atoms with E-state index in [0.29, 0.717) is 32.5 Å². The molecule has 0 aromatic rings. The largest absolute Gasteiger partial charge is 0.381 e. The van der Waals surface area contributed by atoms with Crippen LogP contribution in [0.4, 0.5) is 0 Å². The molecule has 1 atom stereocenters. The summed E-state index contributed by atoms with van der Waals surface area (Å²) in [7, 11) is 0. The molecule has 2 amide bonds. The summed E-state index contributed by atoms with van der Waals surface area (Å²) in [6.07, 6.45) is 2.89. The summed E-state index contributed by atoms with van der Waals surface area (Å²) in [5, 5.41) is 2.76. The van der Waals surface area contributed by atoms with Gasteiger partial charge in [0.15, 0.2) is 0 Å². The molecule has 5 heteroatoms. The van der Waals surface area contributed by atoms with E-state index < -0.39 is 0 Å². The van der Waals surface area contributed by atoms with Crippen LogP contribution >= 0.6 is 0 Å². The van der Waals surface area contributed by atoms with Crippen LogP contribution in [0.1, 0.15) is 39.5 Å². The highest BCUT2D eigenvalue weighted by Gasteiger charge is 2.27. The number of nitrogens with zero attached hydrogens (tertiary/aromatic N) is 1. The van der Waals surface area contributed by atoms with E-state index in [2.05, 4.69) is 12.2 Å². The Balaban J connectivity index is 2.38. The molecule has 0 radical (unpaired) electrons. The van der Waals surface area contributed by atoms with E-state index in [0.717, 1.165) is 19.4 Å². The van der Waals surface area contributed by atoms with E-state index >= 15 is 0 Å². The molecule has 1 unspecified atom stereocenters. The lowest BCUT2D eigenvalue weighted by atomic mass is 10.2. The molecular weight excluding hydrogens is 232 g/mol. The highest BCUT2D eigenvalue weighted by molar-refractivity contribution is 5.89. The summed E-state index contributed by atoms with van der Waals surface area (Å²) < 4.78 is 5.39. The second-order valence-electron chi connectivity index (χ2n) is 4.57. The maximum Gasteiger partial charge on any atom is 0.245 e. The van der Waals surface area contributed by atoms with Gasteiger partial charge in [0.25, 0.3) is 0 Å². The van der Waals surface area contributed by atoms with Crippen molar-refractivity contribution in [3.05, 3.63) is 0 Å². The van der Waals surface area contributed by atoms with Crippen molar-refractivity contribution in [3.63, 3.8) is 0 Å². The van der Waals surface area contributed by atoms with E-state index in [1.54, 1.807) is 4.90 Å². The fraction of sp³-hybridized carbons (Fsp3) is 0.846. The highest BCUT2D eigenvalue weighted by atomic mass is 16.5. The van der Waals surface area contributed by atoms with Gasteiger partial charge in [-0.15, -0.1) is 0 Å². The molecule has 1 rings (SSSR count). The van der Waals surface area contributed by atoms with Crippen molar-refractivity contribution < 1.29 is 14.3 Å². The number of hydrogen-bond acceptors (Lipinski definition) is 3. The molecule has 5 nitrogen and oxygen atoms in total. The number of nitrogens with one attached hydrogen (secondary N) is 1. The summed E-state index contributed by atoms with van der Waals surface area (Å²) in [6, 6.07) is -0.350. The average molecular weight is 256 g/mol. The van der Waals surface area contributed by atoms with E-state index in [4.69, 9.17) is 4.74 Å². The summed E-state index contributed by atoms with van der Waals surface area (Å²) in [6.45, 7) is 6.63. The minimum absolute atomic E-state index is 0.0278. The Morgan fingerprint density at radius 2 is 2.11 bits per heavy atom. The molecule has 1 aliphatic rings. The van der Waals surface area contributed by atoms with Crippen LogP contribution in [-0.2, 0) is 14.3 Å². The van der Waals surface area contributed by atoms with Gasteiger partial charge in [0.1, 0.15) is 6.04 Å².